The van der Waals surface area contributed by atoms with E-state index in [-0.39, 0.29) is 23.0 Å². The number of anilines is 1. The SMILES string of the molecule is CCCCNC(=O)[C@H](C)N(Cc1cccc(Cl)c1)C(=O)CN(c1ccc(OC)c(OC)c1)S(=O)(=O)c1ccccc1. The average Bonchev–Trinajstić information content (AvgIpc) is 2.98. The first kappa shape index (κ1) is 31.8. The van der Waals surface area contributed by atoms with Crippen LogP contribution >= 0.6 is 11.6 Å². The molecule has 0 spiro atoms. The summed E-state index contributed by atoms with van der Waals surface area (Å²) in [7, 11) is -1.29. The standard InChI is InChI=1S/C30H36ClN3O6S/c1-5-6-17-32-30(36)22(2)33(20-23-11-10-12-24(31)18-23)29(35)21-34(41(37,38)26-13-8-7-9-14-26)25-15-16-27(39-3)28(19-25)40-4/h7-16,18-19,22H,5-6,17,20-21H2,1-4H3,(H,32,36)/t22-/m0/s1. The lowest BCUT2D eigenvalue weighted by molar-refractivity contribution is -0.139. The van der Waals surface area contributed by atoms with Crippen LogP contribution in [0.5, 0.6) is 11.5 Å². The average molecular weight is 602 g/mol. The van der Waals surface area contributed by atoms with Crippen molar-refractivity contribution in [1.82, 2.24) is 10.2 Å². The monoisotopic (exact) mass is 601 g/mol. The van der Waals surface area contributed by atoms with E-state index in [0.717, 1.165) is 17.1 Å². The summed E-state index contributed by atoms with van der Waals surface area (Å²) >= 11 is 6.19. The van der Waals surface area contributed by atoms with Gasteiger partial charge in [0.25, 0.3) is 10.0 Å². The van der Waals surface area contributed by atoms with Crippen molar-refractivity contribution in [2.24, 2.45) is 0 Å². The molecule has 41 heavy (non-hydrogen) atoms. The van der Waals surface area contributed by atoms with Crippen LogP contribution in [0.15, 0.2) is 77.7 Å². The van der Waals surface area contributed by atoms with Crippen molar-refractivity contribution in [3.8, 4) is 11.5 Å². The number of nitrogens with one attached hydrogen (secondary N) is 1. The highest BCUT2D eigenvalue weighted by Crippen LogP contribution is 2.34. The third-order valence-corrected chi connectivity index (χ3v) is 8.53. The summed E-state index contributed by atoms with van der Waals surface area (Å²) in [5.41, 5.74) is 0.894. The van der Waals surface area contributed by atoms with Crippen LogP contribution in [0.3, 0.4) is 0 Å². The maximum atomic E-state index is 14.0. The number of unbranched alkanes of at least 4 members (excludes halogenated alkanes) is 1. The van der Waals surface area contributed by atoms with Crippen LogP contribution in [0.2, 0.25) is 5.02 Å². The van der Waals surface area contributed by atoms with E-state index in [4.69, 9.17) is 21.1 Å². The minimum Gasteiger partial charge on any atom is -0.493 e. The van der Waals surface area contributed by atoms with Crippen LogP contribution in [0.25, 0.3) is 0 Å². The molecule has 0 saturated carbocycles. The van der Waals surface area contributed by atoms with Crippen molar-refractivity contribution < 1.29 is 27.5 Å². The van der Waals surface area contributed by atoms with Crippen LogP contribution in [0, 0.1) is 0 Å². The maximum Gasteiger partial charge on any atom is 0.264 e. The van der Waals surface area contributed by atoms with Gasteiger partial charge in [-0.1, -0.05) is 55.3 Å². The van der Waals surface area contributed by atoms with E-state index in [0.29, 0.717) is 28.6 Å². The molecule has 0 saturated heterocycles. The van der Waals surface area contributed by atoms with Gasteiger partial charge in [-0.25, -0.2) is 8.42 Å². The molecule has 0 aliphatic rings. The second-order valence-corrected chi connectivity index (χ2v) is 11.6. The maximum absolute atomic E-state index is 14.0. The lowest BCUT2D eigenvalue weighted by atomic mass is 10.1. The van der Waals surface area contributed by atoms with Gasteiger partial charge in [0.05, 0.1) is 24.8 Å². The quantitative estimate of drug-likeness (QED) is 0.264. The number of sulfonamides is 1. The van der Waals surface area contributed by atoms with Crippen molar-refractivity contribution >= 4 is 39.1 Å². The van der Waals surface area contributed by atoms with Gasteiger partial charge >= 0.3 is 0 Å². The third-order valence-electron chi connectivity index (χ3n) is 6.50. The van der Waals surface area contributed by atoms with Crippen molar-refractivity contribution in [2.75, 3.05) is 31.6 Å². The number of carbonyl (C=O) groups excluding carboxylic acids is 2. The van der Waals surface area contributed by atoms with E-state index in [2.05, 4.69) is 5.32 Å². The molecule has 3 aromatic rings. The van der Waals surface area contributed by atoms with Gasteiger partial charge in [0.2, 0.25) is 11.8 Å². The Morgan fingerprint density at radius 2 is 1.66 bits per heavy atom. The summed E-state index contributed by atoms with van der Waals surface area (Å²) in [6, 6.07) is 18.5. The summed E-state index contributed by atoms with van der Waals surface area (Å²) in [5, 5.41) is 3.34. The van der Waals surface area contributed by atoms with E-state index in [1.807, 2.05) is 6.92 Å². The molecule has 0 fully saturated rings. The third kappa shape index (κ3) is 8.14. The zero-order chi connectivity index (χ0) is 30.0. The zero-order valence-corrected chi connectivity index (χ0v) is 25.2. The predicted octanol–water partition coefficient (Wildman–Crippen LogP) is 4.89. The predicted molar refractivity (Wildman–Crippen MR) is 160 cm³/mol. The Bertz CT molecular complexity index is 1440. The Labute approximate surface area is 247 Å². The summed E-state index contributed by atoms with van der Waals surface area (Å²) in [6.45, 7) is 3.59. The molecule has 3 rings (SSSR count). The lowest BCUT2D eigenvalue weighted by Gasteiger charge is -2.32. The van der Waals surface area contributed by atoms with Crippen LogP contribution in [0.4, 0.5) is 5.69 Å². The van der Waals surface area contributed by atoms with Gasteiger partial charge < -0.3 is 19.7 Å². The van der Waals surface area contributed by atoms with Gasteiger partial charge in [-0.3, -0.25) is 13.9 Å². The van der Waals surface area contributed by atoms with Gasteiger partial charge in [-0.15, -0.1) is 0 Å². The molecule has 0 aliphatic heterocycles. The fourth-order valence-electron chi connectivity index (χ4n) is 4.18. The van der Waals surface area contributed by atoms with Gasteiger partial charge in [0.15, 0.2) is 11.5 Å². The Morgan fingerprint density at radius 1 is 0.951 bits per heavy atom. The summed E-state index contributed by atoms with van der Waals surface area (Å²) in [6.07, 6.45) is 1.69. The molecular formula is C30H36ClN3O6S. The minimum absolute atomic E-state index is 0.00864. The Morgan fingerprint density at radius 3 is 2.29 bits per heavy atom. The van der Waals surface area contributed by atoms with Gasteiger partial charge in [-0.2, -0.15) is 0 Å². The van der Waals surface area contributed by atoms with Crippen molar-refractivity contribution in [3.05, 3.63) is 83.4 Å². The van der Waals surface area contributed by atoms with Crippen molar-refractivity contribution in [3.63, 3.8) is 0 Å². The minimum atomic E-state index is -4.20. The topological polar surface area (TPSA) is 105 Å². The second-order valence-electron chi connectivity index (χ2n) is 9.34. The molecular weight excluding hydrogens is 566 g/mol. The smallest absolute Gasteiger partial charge is 0.264 e. The number of carbonyl (C=O) groups is 2. The molecule has 0 radical (unpaired) electrons. The number of hydrogen-bond donors (Lipinski definition) is 1. The first-order chi connectivity index (χ1) is 19.6. The molecule has 0 aliphatic carbocycles. The van der Waals surface area contributed by atoms with Gasteiger partial charge in [-0.05, 0) is 55.3 Å². The number of rotatable bonds is 14. The molecule has 1 N–H and O–H groups in total. The lowest BCUT2D eigenvalue weighted by Crippen LogP contribution is -2.51. The zero-order valence-electron chi connectivity index (χ0n) is 23.7. The highest BCUT2D eigenvalue weighted by Gasteiger charge is 2.33. The first-order valence-corrected chi connectivity index (χ1v) is 15.1. The Hall–Kier alpha value is -3.76. The van der Waals surface area contributed by atoms with E-state index >= 15 is 0 Å². The number of nitrogens with zero attached hydrogens (tertiary/aromatic N) is 2. The first-order valence-electron chi connectivity index (χ1n) is 13.2. The number of halogens is 1. The molecule has 0 bridgehead atoms. The van der Waals surface area contributed by atoms with Crippen LogP contribution in [0.1, 0.15) is 32.3 Å². The molecule has 0 heterocycles. The van der Waals surface area contributed by atoms with Crippen molar-refractivity contribution in [2.45, 2.75) is 44.2 Å². The van der Waals surface area contributed by atoms with E-state index in [9.17, 15) is 18.0 Å². The summed E-state index contributed by atoms with van der Waals surface area (Å²) < 4.78 is 39.5. The highest BCUT2D eigenvalue weighted by molar-refractivity contribution is 7.92. The van der Waals surface area contributed by atoms with E-state index in [1.165, 1.54) is 43.4 Å². The number of benzene rings is 3. The molecule has 0 unspecified atom stereocenters. The van der Waals surface area contributed by atoms with Crippen LogP contribution in [-0.4, -0.2) is 58.5 Å². The fraction of sp³-hybridized carbons (Fsp3) is 0.333. The summed E-state index contributed by atoms with van der Waals surface area (Å²) in [5.74, 6) is -0.209. The molecule has 220 valence electrons. The normalized spacial score (nSPS) is 11.8. The fourth-order valence-corrected chi connectivity index (χ4v) is 5.82. The largest absolute Gasteiger partial charge is 0.493 e. The molecule has 3 aromatic carbocycles. The van der Waals surface area contributed by atoms with Gasteiger partial charge in [0, 0.05) is 24.2 Å². The Kier molecular flexibility index (Phi) is 11.4. The second kappa shape index (κ2) is 14.7. The molecule has 9 nitrogen and oxygen atoms in total. The molecule has 11 heteroatoms. The van der Waals surface area contributed by atoms with E-state index in [1.54, 1.807) is 55.5 Å². The molecule has 1 atom stereocenters. The van der Waals surface area contributed by atoms with Crippen LogP contribution < -0.4 is 19.1 Å². The highest BCUT2D eigenvalue weighted by atomic mass is 35.5. The Balaban J connectivity index is 2.05. The number of hydrogen-bond acceptors (Lipinski definition) is 6. The van der Waals surface area contributed by atoms with E-state index < -0.39 is 28.5 Å². The van der Waals surface area contributed by atoms with Crippen LogP contribution in [-0.2, 0) is 26.2 Å². The number of amides is 2. The van der Waals surface area contributed by atoms with Crippen molar-refractivity contribution in [1.29, 1.82) is 0 Å². The van der Waals surface area contributed by atoms with Gasteiger partial charge in [0.1, 0.15) is 12.6 Å². The number of ether oxygens (including phenoxy) is 2. The summed E-state index contributed by atoms with van der Waals surface area (Å²) in [4.78, 5) is 28.4. The molecule has 2 amide bonds. The molecule has 0 aromatic heterocycles. The number of methoxy groups -OCH3 is 2.